The Morgan fingerprint density at radius 1 is 1.62 bits per heavy atom. The first kappa shape index (κ1) is 12.4. The van der Waals surface area contributed by atoms with Crippen LogP contribution in [0.1, 0.15) is 6.92 Å². The number of hydrogen-bond acceptors (Lipinski definition) is 3. The quantitative estimate of drug-likeness (QED) is 0.325. The van der Waals surface area contributed by atoms with E-state index in [2.05, 4.69) is 5.16 Å². The Morgan fingerprint density at radius 3 is 2.46 bits per heavy atom. The number of thioether (sulfide) groups is 1. The van der Waals surface area contributed by atoms with Crippen molar-refractivity contribution in [3.63, 3.8) is 0 Å². The van der Waals surface area contributed by atoms with Gasteiger partial charge in [-0.25, -0.2) is 0 Å². The van der Waals surface area contributed by atoms with Crippen molar-refractivity contribution in [3.8, 4) is 0 Å². The highest BCUT2D eigenvalue weighted by molar-refractivity contribution is 7.99. The van der Waals surface area contributed by atoms with Gasteiger partial charge in [0.25, 0.3) is 0 Å². The van der Waals surface area contributed by atoms with Gasteiger partial charge in [0.05, 0.1) is 0 Å². The zero-order valence-corrected chi connectivity index (χ0v) is 7.82. The molecule has 0 aliphatic carbocycles. The summed E-state index contributed by atoms with van der Waals surface area (Å²) in [5, 5.41) is 10.5. The molecule has 0 aliphatic rings. The molecule has 0 aliphatic heterocycles. The van der Waals surface area contributed by atoms with E-state index in [9.17, 15) is 13.2 Å². The maximum absolute atomic E-state index is 12.2. The van der Waals surface area contributed by atoms with Crippen molar-refractivity contribution in [2.75, 3.05) is 11.5 Å². The highest BCUT2D eigenvalue weighted by atomic mass is 32.2. The number of oxime groups is 1. The smallest absolute Gasteiger partial charge is 0.399 e. The van der Waals surface area contributed by atoms with Gasteiger partial charge >= 0.3 is 6.18 Å². The fraction of sp³-hybridized carbons (Fsp3) is 0.833. The Hall–Kier alpha value is -0.590. The fourth-order valence-electron chi connectivity index (χ4n) is 0.653. The molecule has 0 aromatic rings. The summed E-state index contributed by atoms with van der Waals surface area (Å²) in [6.45, 7) is 1.74. The molecule has 3 nitrogen and oxygen atoms in total. The monoisotopic (exact) mass is 216 g/mol. The molecule has 78 valence electrons. The summed E-state index contributed by atoms with van der Waals surface area (Å²) in [5.41, 5.74) is 4.91. The minimum absolute atomic E-state index is 0.212. The van der Waals surface area contributed by atoms with Crippen molar-refractivity contribution < 1.29 is 18.4 Å². The molecular weight excluding hydrogens is 205 g/mol. The molecule has 1 unspecified atom stereocenters. The minimum Gasteiger partial charge on any atom is -0.409 e. The average molecular weight is 216 g/mol. The number of nitrogens with zero attached hydrogens (tertiary/aromatic N) is 1. The van der Waals surface area contributed by atoms with Crippen molar-refractivity contribution in [2.24, 2.45) is 16.8 Å². The van der Waals surface area contributed by atoms with E-state index in [0.717, 1.165) is 11.8 Å². The zero-order chi connectivity index (χ0) is 10.5. The molecule has 0 heterocycles. The molecule has 0 aromatic heterocycles. The van der Waals surface area contributed by atoms with Gasteiger partial charge in [0.2, 0.25) is 0 Å². The first-order valence-electron chi connectivity index (χ1n) is 3.55. The molecule has 0 saturated carbocycles. The summed E-state index contributed by atoms with van der Waals surface area (Å²) in [6, 6.07) is 0. The Kier molecular flexibility index (Phi) is 4.97. The first-order valence-corrected chi connectivity index (χ1v) is 4.70. The SMILES string of the molecule is CCSCC(C(N)=NO)C(F)(F)F. The molecule has 0 amide bonds. The molecular formula is C6H11F3N2OS. The highest BCUT2D eigenvalue weighted by Gasteiger charge is 2.42. The summed E-state index contributed by atoms with van der Waals surface area (Å²) in [5.74, 6) is -2.29. The Balaban J connectivity index is 4.38. The van der Waals surface area contributed by atoms with Gasteiger partial charge in [-0.05, 0) is 5.75 Å². The predicted molar refractivity (Wildman–Crippen MR) is 46.0 cm³/mol. The van der Waals surface area contributed by atoms with E-state index < -0.39 is 17.9 Å². The van der Waals surface area contributed by atoms with Crippen LogP contribution in [-0.2, 0) is 0 Å². The average Bonchev–Trinajstić information content (AvgIpc) is 2.02. The predicted octanol–water partition coefficient (Wildman–Crippen LogP) is 1.66. The largest absolute Gasteiger partial charge is 0.409 e. The van der Waals surface area contributed by atoms with Gasteiger partial charge in [-0.15, -0.1) is 0 Å². The maximum Gasteiger partial charge on any atom is 0.399 e. The molecule has 0 saturated heterocycles. The lowest BCUT2D eigenvalue weighted by atomic mass is 10.1. The molecule has 1 atom stereocenters. The third-order valence-corrected chi connectivity index (χ3v) is 2.33. The van der Waals surface area contributed by atoms with Gasteiger partial charge in [-0.3, -0.25) is 0 Å². The molecule has 0 aromatic carbocycles. The van der Waals surface area contributed by atoms with E-state index in [1.807, 2.05) is 0 Å². The van der Waals surface area contributed by atoms with Gasteiger partial charge in [0.1, 0.15) is 5.92 Å². The zero-order valence-electron chi connectivity index (χ0n) is 7.01. The number of amidine groups is 1. The molecule has 0 spiro atoms. The standard InChI is InChI=1S/C6H11F3N2OS/c1-2-13-3-4(5(10)11-12)6(7,8)9/h4,12H,2-3H2,1H3,(H2,10,11). The molecule has 0 radical (unpaired) electrons. The molecule has 3 N–H and O–H groups in total. The van der Waals surface area contributed by atoms with Crippen molar-refractivity contribution in [1.82, 2.24) is 0 Å². The summed E-state index contributed by atoms with van der Waals surface area (Å²) in [6.07, 6.45) is -4.45. The van der Waals surface area contributed by atoms with E-state index in [0.29, 0.717) is 5.75 Å². The van der Waals surface area contributed by atoms with Crippen LogP contribution < -0.4 is 5.73 Å². The second-order valence-corrected chi connectivity index (χ2v) is 3.60. The van der Waals surface area contributed by atoms with Crippen LogP contribution >= 0.6 is 11.8 Å². The number of rotatable bonds is 4. The van der Waals surface area contributed by atoms with E-state index in [1.165, 1.54) is 0 Å². The lowest BCUT2D eigenvalue weighted by molar-refractivity contribution is -0.150. The summed E-state index contributed by atoms with van der Waals surface area (Å²) in [4.78, 5) is 0. The fourth-order valence-corrected chi connectivity index (χ4v) is 1.48. The Bertz CT molecular complexity index is 183. The van der Waals surface area contributed by atoms with Gasteiger partial charge in [0, 0.05) is 5.75 Å². The second-order valence-electron chi connectivity index (χ2n) is 2.28. The lowest BCUT2D eigenvalue weighted by Gasteiger charge is -2.17. The van der Waals surface area contributed by atoms with Crippen LogP contribution in [0.5, 0.6) is 0 Å². The molecule has 13 heavy (non-hydrogen) atoms. The Labute approximate surface area is 78.2 Å². The van der Waals surface area contributed by atoms with Crippen LogP contribution in [0.25, 0.3) is 0 Å². The number of halogens is 3. The van der Waals surface area contributed by atoms with Crippen molar-refractivity contribution in [3.05, 3.63) is 0 Å². The van der Waals surface area contributed by atoms with Crippen LogP contribution in [-0.4, -0.2) is 28.7 Å². The Morgan fingerprint density at radius 2 is 2.15 bits per heavy atom. The number of nitrogens with two attached hydrogens (primary N) is 1. The second kappa shape index (κ2) is 5.21. The van der Waals surface area contributed by atoms with Crippen LogP contribution in [0, 0.1) is 5.92 Å². The van der Waals surface area contributed by atoms with E-state index in [-0.39, 0.29) is 5.75 Å². The van der Waals surface area contributed by atoms with E-state index >= 15 is 0 Å². The normalized spacial score (nSPS) is 15.8. The van der Waals surface area contributed by atoms with Crippen LogP contribution in [0.2, 0.25) is 0 Å². The molecule has 0 bridgehead atoms. The van der Waals surface area contributed by atoms with Gasteiger partial charge in [-0.1, -0.05) is 12.1 Å². The number of alkyl halides is 3. The first-order chi connectivity index (χ1) is 5.93. The van der Waals surface area contributed by atoms with Gasteiger partial charge in [-0.2, -0.15) is 24.9 Å². The van der Waals surface area contributed by atoms with Crippen LogP contribution in [0.4, 0.5) is 13.2 Å². The lowest BCUT2D eigenvalue weighted by Crippen LogP contribution is -2.37. The van der Waals surface area contributed by atoms with Crippen molar-refractivity contribution in [2.45, 2.75) is 13.1 Å². The van der Waals surface area contributed by atoms with Crippen LogP contribution in [0.15, 0.2) is 5.16 Å². The molecule has 0 fully saturated rings. The van der Waals surface area contributed by atoms with E-state index in [1.54, 1.807) is 6.92 Å². The maximum atomic E-state index is 12.2. The third kappa shape index (κ3) is 4.25. The van der Waals surface area contributed by atoms with E-state index in [4.69, 9.17) is 10.9 Å². The van der Waals surface area contributed by atoms with Crippen molar-refractivity contribution >= 4 is 17.6 Å². The topological polar surface area (TPSA) is 58.6 Å². The highest BCUT2D eigenvalue weighted by Crippen LogP contribution is 2.29. The van der Waals surface area contributed by atoms with Crippen LogP contribution in [0.3, 0.4) is 0 Å². The molecule has 7 heteroatoms. The summed E-state index contributed by atoms with van der Waals surface area (Å²) in [7, 11) is 0. The van der Waals surface area contributed by atoms with Crippen molar-refractivity contribution in [1.29, 1.82) is 0 Å². The molecule has 0 rings (SSSR count). The van der Waals surface area contributed by atoms with Gasteiger partial charge < -0.3 is 10.9 Å². The minimum atomic E-state index is -4.45. The van der Waals surface area contributed by atoms with Gasteiger partial charge in [0.15, 0.2) is 5.84 Å². The third-order valence-electron chi connectivity index (χ3n) is 1.36. The summed E-state index contributed by atoms with van der Waals surface area (Å²) < 4.78 is 36.6. The summed E-state index contributed by atoms with van der Waals surface area (Å²) >= 11 is 1.09. The number of hydrogen-bond donors (Lipinski definition) is 2.